The molecular weight excluding hydrogens is 254 g/mol. The predicted molar refractivity (Wildman–Crippen MR) is 77.5 cm³/mol. The highest BCUT2D eigenvalue weighted by atomic mass is 16.5. The monoisotopic (exact) mass is 273 g/mol. The number of nitrogens with zero attached hydrogens (tertiary/aromatic N) is 2. The zero-order chi connectivity index (χ0) is 14.5. The number of carbonyl (C=O) groups excluding carboxylic acids is 1. The average molecular weight is 273 g/mol. The summed E-state index contributed by atoms with van der Waals surface area (Å²) in [4.78, 5) is 11.7. The summed E-state index contributed by atoms with van der Waals surface area (Å²) in [5.41, 5.74) is 2.62. The Morgan fingerprint density at radius 1 is 1.35 bits per heavy atom. The second-order valence-electron chi connectivity index (χ2n) is 4.91. The molecule has 0 amide bonds. The van der Waals surface area contributed by atoms with Crippen LogP contribution >= 0.6 is 0 Å². The number of nitrogens with one attached hydrogen (secondary N) is 1. The molecule has 1 aromatic carbocycles. The molecule has 1 aromatic heterocycles. The molecule has 5 heteroatoms. The van der Waals surface area contributed by atoms with E-state index in [1.807, 2.05) is 45.4 Å². The normalized spacial score (nSPS) is 10.6. The SMILES string of the molecule is CC(C)OC(=O)c1ccc(NCc2cnn(C)c2)cc1. The number of carbonyl (C=O) groups is 1. The van der Waals surface area contributed by atoms with E-state index in [0.717, 1.165) is 11.3 Å². The second-order valence-corrected chi connectivity index (χ2v) is 4.91. The van der Waals surface area contributed by atoms with Crippen molar-refractivity contribution in [2.24, 2.45) is 7.05 Å². The van der Waals surface area contributed by atoms with Gasteiger partial charge in [-0.1, -0.05) is 0 Å². The van der Waals surface area contributed by atoms with Crippen LogP contribution in [0.25, 0.3) is 0 Å². The summed E-state index contributed by atoms with van der Waals surface area (Å²) in [6, 6.07) is 7.26. The van der Waals surface area contributed by atoms with Crippen LogP contribution in [0.2, 0.25) is 0 Å². The van der Waals surface area contributed by atoms with Crippen molar-refractivity contribution in [1.29, 1.82) is 0 Å². The van der Waals surface area contributed by atoms with E-state index in [9.17, 15) is 4.79 Å². The Morgan fingerprint density at radius 2 is 2.05 bits per heavy atom. The maximum Gasteiger partial charge on any atom is 0.338 e. The minimum Gasteiger partial charge on any atom is -0.459 e. The van der Waals surface area contributed by atoms with Gasteiger partial charge >= 0.3 is 5.97 Å². The first kappa shape index (κ1) is 14.1. The van der Waals surface area contributed by atoms with Gasteiger partial charge in [-0.05, 0) is 38.1 Å². The van der Waals surface area contributed by atoms with Crippen LogP contribution in [0.1, 0.15) is 29.8 Å². The zero-order valence-electron chi connectivity index (χ0n) is 12.0. The largest absolute Gasteiger partial charge is 0.459 e. The lowest BCUT2D eigenvalue weighted by atomic mass is 10.2. The summed E-state index contributed by atoms with van der Waals surface area (Å²) < 4.78 is 6.90. The predicted octanol–water partition coefficient (Wildman–Crippen LogP) is 2.60. The topological polar surface area (TPSA) is 56.1 Å². The fourth-order valence-corrected chi connectivity index (χ4v) is 1.77. The third-order valence-electron chi connectivity index (χ3n) is 2.72. The number of hydrogen-bond acceptors (Lipinski definition) is 4. The summed E-state index contributed by atoms with van der Waals surface area (Å²) in [7, 11) is 1.89. The van der Waals surface area contributed by atoms with Gasteiger partial charge in [0.2, 0.25) is 0 Å². The van der Waals surface area contributed by atoms with Crippen LogP contribution in [-0.4, -0.2) is 21.9 Å². The summed E-state index contributed by atoms with van der Waals surface area (Å²) >= 11 is 0. The van der Waals surface area contributed by atoms with E-state index in [0.29, 0.717) is 12.1 Å². The number of aromatic nitrogens is 2. The Hall–Kier alpha value is -2.30. The lowest BCUT2D eigenvalue weighted by Gasteiger charge is -2.09. The van der Waals surface area contributed by atoms with E-state index < -0.39 is 0 Å². The molecule has 1 N–H and O–H groups in total. The maximum atomic E-state index is 11.7. The molecule has 1 heterocycles. The number of anilines is 1. The van der Waals surface area contributed by atoms with Crippen LogP contribution < -0.4 is 5.32 Å². The molecule has 0 unspecified atom stereocenters. The van der Waals surface area contributed by atoms with Crippen molar-refractivity contribution < 1.29 is 9.53 Å². The Labute approximate surface area is 118 Å². The molecule has 0 aliphatic rings. The number of benzene rings is 1. The van der Waals surface area contributed by atoms with E-state index in [4.69, 9.17) is 4.74 Å². The van der Waals surface area contributed by atoms with Gasteiger partial charge in [-0.15, -0.1) is 0 Å². The molecule has 0 radical (unpaired) electrons. The molecule has 2 aromatic rings. The first-order chi connectivity index (χ1) is 9.54. The average Bonchev–Trinajstić information content (AvgIpc) is 2.82. The fraction of sp³-hybridized carbons (Fsp3) is 0.333. The van der Waals surface area contributed by atoms with Crippen LogP contribution in [0.5, 0.6) is 0 Å². The molecular formula is C15H19N3O2. The zero-order valence-corrected chi connectivity index (χ0v) is 12.0. The van der Waals surface area contributed by atoms with Crippen LogP contribution in [0.15, 0.2) is 36.7 Å². The molecule has 20 heavy (non-hydrogen) atoms. The van der Waals surface area contributed by atoms with Gasteiger partial charge in [0.05, 0.1) is 17.9 Å². The first-order valence-electron chi connectivity index (χ1n) is 6.57. The Kier molecular flexibility index (Phi) is 4.40. The summed E-state index contributed by atoms with van der Waals surface area (Å²) in [5, 5.41) is 7.38. The maximum absolute atomic E-state index is 11.7. The number of hydrogen-bond donors (Lipinski definition) is 1. The smallest absolute Gasteiger partial charge is 0.338 e. The van der Waals surface area contributed by atoms with Crippen LogP contribution in [0.3, 0.4) is 0 Å². The lowest BCUT2D eigenvalue weighted by Crippen LogP contribution is -2.11. The highest BCUT2D eigenvalue weighted by Crippen LogP contribution is 2.12. The minimum atomic E-state index is -0.293. The van der Waals surface area contributed by atoms with E-state index >= 15 is 0 Å². The number of aryl methyl sites for hydroxylation is 1. The van der Waals surface area contributed by atoms with Crippen LogP contribution in [0, 0.1) is 0 Å². The molecule has 0 bridgehead atoms. The minimum absolute atomic E-state index is 0.106. The van der Waals surface area contributed by atoms with Crippen molar-refractivity contribution in [3.05, 3.63) is 47.8 Å². The molecule has 0 spiro atoms. The first-order valence-corrected chi connectivity index (χ1v) is 6.57. The van der Waals surface area contributed by atoms with Gasteiger partial charge in [0.25, 0.3) is 0 Å². The number of esters is 1. The Bertz CT molecular complexity index is 573. The number of ether oxygens (including phenoxy) is 1. The summed E-state index contributed by atoms with van der Waals surface area (Å²) in [6.07, 6.45) is 3.67. The van der Waals surface area contributed by atoms with Crippen molar-refractivity contribution in [2.75, 3.05) is 5.32 Å². The molecule has 0 aliphatic carbocycles. The van der Waals surface area contributed by atoms with Crippen molar-refractivity contribution in [3.63, 3.8) is 0 Å². The standard InChI is InChI=1S/C15H19N3O2/c1-11(2)20-15(19)13-4-6-14(7-5-13)16-8-12-9-17-18(3)10-12/h4-7,9-11,16H,8H2,1-3H3. The molecule has 5 nitrogen and oxygen atoms in total. The fourth-order valence-electron chi connectivity index (χ4n) is 1.77. The highest BCUT2D eigenvalue weighted by Gasteiger charge is 2.08. The van der Waals surface area contributed by atoms with Gasteiger partial charge in [0.1, 0.15) is 0 Å². The van der Waals surface area contributed by atoms with Gasteiger partial charge in [0.15, 0.2) is 0 Å². The van der Waals surface area contributed by atoms with E-state index in [2.05, 4.69) is 10.4 Å². The molecule has 0 fully saturated rings. The molecule has 0 atom stereocenters. The van der Waals surface area contributed by atoms with Gasteiger partial charge in [-0.3, -0.25) is 4.68 Å². The van der Waals surface area contributed by atoms with E-state index in [1.54, 1.807) is 16.8 Å². The van der Waals surface area contributed by atoms with Gasteiger partial charge in [-0.2, -0.15) is 5.10 Å². The molecule has 0 saturated carbocycles. The van der Waals surface area contributed by atoms with E-state index in [1.165, 1.54) is 0 Å². The molecule has 106 valence electrons. The van der Waals surface area contributed by atoms with Crippen LogP contribution in [0.4, 0.5) is 5.69 Å². The van der Waals surface area contributed by atoms with Crippen LogP contribution in [-0.2, 0) is 18.3 Å². The van der Waals surface area contributed by atoms with Gasteiger partial charge in [0, 0.05) is 31.0 Å². The second kappa shape index (κ2) is 6.23. The third-order valence-corrected chi connectivity index (χ3v) is 2.72. The third kappa shape index (κ3) is 3.85. The molecule has 0 aliphatic heterocycles. The Morgan fingerprint density at radius 3 is 2.60 bits per heavy atom. The van der Waals surface area contributed by atoms with Gasteiger partial charge in [-0.25, -0.2) is 4.79 Å². The van der Waals surface area contributed by atoms with Crippen molar-refractivity contribution in [1.82, 2.24) is 9.78 Å². The van der Waals surface area contributed by atoms with Crippen molar-refractivity contribution in [2.45, 2.75) is 26.5 Å². The summed E-state index contributed by atoms with van der Waals surface area (Å²) in [6.45, 7) is 4.37. The van der Waals surface area contributed by atoms with Crippen molar-refractivity contribution in [3.8, 4) is 0 Å². The van der Waals surface area contributed by atoms with Gasteiger partial charge < -0.3 is 10.1 Å². The molecule has 2 rings (SSSR count). The van der Waals surface area contributed by atoms with E-state index in [-0.39, 0.29) is 12.1 Å². The lowest BCUT2D eigenvalue weighted by molar-refractivity contribution is 0.0378. The highest BCUT2D eigenvalue weighted by molar-refractivity contribution is 5.89. The van der Waals surface area contributed by atoms with Crippen molar-refractivity contribution >= 4 is 11.7 Å². The molecule has 0 saturated heterocycles. The quantitative estimate of drug-likeness (QED) is 0.851. The Balaban J connectivity index is 1.93. The number of rotatable bonds is 5. The summed E-state index contributed by atoms with van der Waals surface area (Å²) in [5.74, 6) is -0.293.